The molecule has 0 N–H and O–H groups in total. The third kappa shape index (κ3) is 2.73. The van der Waals surface area contributed by atoms with Gasteiger partial charge in [-0.3, -0.25) is 0 Å². The molecule has 2 heterocycles. The van der Waals surface area contributed by atoms with Gasteiger partial charge in [0, 0.05) is 27.9 Å². The Morgan fingerprint density at radius 1 is 1.05 bits per heavy atom. The normalized spacial score (nSPS) is 12.5. The highest BCUT2D eigenvalue weighted by Crippen LogP contribution is 2.31. The highest BCUT2D eigenvalue weighted by molar-refractivity contribution is 5.93. The van der Waals surface area contributed by atoms with Crippen LogP contribution < -0.4 is 0 Å². The third-order valence-corrected chi connectivity index (χ3v) is 3.82. The molecule has 0 aromatic carbocycles. The zero-order valence-corrected chi connectivity index (χ0v) is 13.9. The first kappa shape index (κ1) is 16.1. The Morgan fingerprint density at radius 2 is 1.55 bits per heavy atom. The number of hydrogen-bond acceptors (Lipinski definition) is 2. The quantitative estimate of drug-likeness (QED) is 0.747. The van der Waals surface area contributed by atoms with Crippen LogP contribution >= 0.6 is 0 Å². The molecule has 0 fully saturated rings. The molecule has 0 aliphatic heterocycles. The van der Waals surface area contributed by atoms with E-state index in [2.05, 4.69) is 48.2 Å². The first-order chi connectivity index (χ1) is 10.4. The molecule has 2 rings (SSSR count). The van der Waals surface area contributed by atoms with Crippen LogP contribution in [-0.2, 0) is 0 Å². The maximum Gasteiger partial charge on any atom is 0.116 e. The van der Waals surface area contributed by atoms with E-state index in [1.807, 2.05) is 13.8 Å². The lowest BCUT2D eigenvalue weighted by atomic mass is 10.1. The van der Waals surface area contributed by atoms with Crippen LogP contribution in [0.5, 0.6) is 0 Å². The Bertz CT molecular complexity index is 750. The van der Waals surface area contributed by atoms with E-state index in [0.29, 0.717) is 0 Å². The summed E-state index contributed by atoms with van der Waals surface area (Å²) >= 11 is 0. The summed E-state index contributed by atoms with van der Waals surface area (Å²) in [6, 6.07) is 0. The third-order valence-electron chi connectivity index (χ3n) is 3.82. The van der Waals surface area contributed by atoms with E-state index in [1.165, 1.54) is 6.08 Å². The van der Waals surface area contributed by atoms with Crippen molar-refractivity contribution in [2.45, 2.75) is 41.0 Å². The summed E-state index contributed by atoms with van der Waals surface area (Å²) in [5, 5.41) is 10.7. The van der Waals surface area contributed by atoms with Crippen molar-refractivity contribution in [1.29, 1.82) is 0 Å². The lowest BCUT2D eigenvalue weighted by molar-refractivity contribution is 0.671. The Balaban J connectivity index is 2.79. The molecule has 0 bridgehead atoms. The van der Waals surface area contributed by atoms with E-state index < -0.39 is 5.83 Å². The molecule has 0 spiro atoms. The molecule has 3 nitrogen and oxygen atoms in total. The monoisotopic (exact) mass is 299 g/mol. The van der Waals surface area contributed by atoms with Crippen LogP contribution in [0.4, 0.5) is 4.39 Å². The maximum absolute atomic E-state index is 13.0. The van der Waals surface area contributed by atoms with Gasteiger partial charge in [-0.1, -0.05) is 19.6 Å². The van der Waals surface area contributed by atoms with E-state index in [-0.39, 0.29) is 0 Å². The molecule has 0 saturated heterocycles. The summed E-state index contributed by atoms with van der Waals surface area (Å²) < 4.78 is 15.1. The average molecular weight is 299 g/mol. The van der Waals surface area contributed by atoms with E-state index in [1.54, 1.807) is 6.08 Å². The molecule has 4 heteroatoms. The van der Waals surface area contributed by atoms with Crippen LogP contribution in [0.25, 0.3) is 16.5 Å². The Morgan fingerprint density at radius 3 is 1.95 bits per heavy atom. The number of aromatic nitrogens is 3. The predicted octanol–water partition coefficient (Wildman–Crippen LogP) is 4.96. The molecule has 2 aromatic heterocycles. The van der Waals surface area contributed by atoms with Crippen molar-refractivity contribution in [2.24, 2.45) is 0 Å². The van der Waals surface area contributed by atoms with Gasteiger partial charge in [0.05, 0.1) is 11.4 Å². The van der Waals surface area contributed by atoms with E-state index in [4.69, 9.17) is 0 Å². The second kappa shape index (κ2) is 6.26. The zero-order valence-electron chi connectivity index (χ0n) is 13.9. The van der Waals surface area contributed by atoms with Gasteiger partial charge >= 0.3 is 0 Å². The minimum atomic E-state index is -0.454. The number of halogens is 1. The van der Waals surface area contributed by atoms with Crippen molar-refractivity contribution >= 4 is 16.5 Å². The summed E-state index contributed by atoms with van der Waals surface area (Å²) in [5.41, 5.74) is 4.95. The molecule has 0 amide bonds. The molecule has 0 atom stereocenters. The standard InChI is InChI=1S/C18H22FN3/c1-7-8-16(10-9-11(2)19)22-14(5)17-12(3)20-21-13(4)18(17)15(22)6/h8-10H,2,7H2,1,3-6H3/b10-9-,16-8+. The molecule has 2 aromatic rings. The second-order valence-corrected chi connectivity index (χ2v) is 5.44. The van der Waals surface area contributed by atoms with Crippen LogP contribution in [0, 0.1) is 27.7 Å². The van der Waals surface area contributed by atoms with Gasteiger partial charge in [-0.2, -0.15) is 10.2 Å². The highest BCUT2D eigenvalue weighted by atomic mass is 19.1. The van der Waals surface area contributed by atoms with E-state index in [9.17, 15) is 4.39 Å². The van der Waals surface area contributed by atoms with E-state index in [0.717, 1.165) is 45.7 Å². The van der Waals surface area contributed by atoms with Gasteiger partial charge in [-0.05, 0) is 46.3 Å². The summed E-state index contributed by atoms with van der Waals surface area (Å²) in [7, 11) is 0. The van der Waals surface area contributed by atoms with Crippen molar-refractivity contribution in [2.75, 3.05) is 0 Å². The van der Waals surface area contributed by atoms with Crippen LogP contribution in [0.1, 0.15) is 36.1 Å². The first-order valence-electron chi connectivity index (χ1n) is 7.43. The van der Waals surface area contributed by atoms with Gasteiger partial charge < -0.3 is 4.57 Å². The average Bonchev–Trinajstić information content (AvgIpc) is 2.72. The predicted molar refractivity (Wildman–Crippen MR) is 90.4 cm³/mol. The fourth-order valence-corrected chi connectivity index (χ4v) is 2.98. The fraction of sp³-hybridized carbons (Fsp3) is 0.333. The van der Waals surface area contributed by atoms with Gasteiger partial charge in [0.1, 0.15) is 5.83 Å². The van der Waals surface area contributed by atoms with Crippen molar-refractivity contribution in [1.82, 2.24) is 14.8 Å². The Kier molecular flexibility index (Phi) is 4.59. The summed E-state index contributed by atoms with van der Waals surface area (Å²) in [6.07, 6.45) is 6.08. The van der Waals surface area contributed by atoms with Gasteiger partial charge in [-0.25, -0.2) is 4.39 Å². The molecule has 0 aliphatic carbocycles. The van der Waals surface area contributed by atoms with E-state index >= 15 is 0 Å². The number of allylic oxidation sites excluding steroid dienone is 5. The Labute approximate surface area is 130 Å². The second-order valence-electron chi connectivity index (χ2n) is 5.44. The summed E-state index contributed by atoms with van der Waals surface area (Å²) in [6.45, 7) is 13.4. The summed E-state index contributed by atoms with van der Waals surface area (Å²) in [5.74, 6) is -0.454. The van der Waals surface area contributed by atoms with Gasteiger partial charge in [0.15, 0.2) is 0 Å². The SMILES string of the molecule is C=C(F)/C=C\C(=C/CC)n1c(C)c2c(C)nnc(C)c2c1C. The van der Waals surface area contributed by atoms with Crippen molar-refractivity contribution < 1.29 is 4.39 Å². The topological polar surface area (TPSA) is 30.7 Å². The molecule has 0 aliphatic rings. The van der Waals surface area contributed by atoms with Crippen LogP contribution in [0.2, 0.25) is 0 Å². The van der Waals surface area contributed by atoms with Crippen molar-refractivity contribution in [3.05, 3.63) is 53.4 Å². The lowest BCUT2D eigenvalue weighted by Crippen LogP contribution is -2.00. The van der Waals surface area contributed by atoms with Gasteiger partial charge in [0.2, 0.25) is 0 Å². The van der Waals surface area contributed by atoms with Crippen LogP contribution in [0.15, 0.2) is 30.6 Å². The van der Waals surface area contributed by atoms with Crippen molar-refractivity contribution in [3.8, 4) is 0 Å². The van der Waals surface area contributed by atoms with Crippen LogP contribution in [-0.4, -0.2) is 14.8 Å². The van der Waals surface area contributed by atoms with Crippen molar-refractivity contribution in [3.63, 3.8) is 0 Å². The van der Waals surface area contributed by atoms with Gasteiger partial charge in [0.25, 0.3) is 0 Å². The zero-order chi connectivity index (χ0) is 16.4. The molecule has 0 unspecified atom stereocenters. The van der Waals surface area contributed by atoms with Crippen LogP contribution in [0.3, 0.4) is 0 Å². The molecule has 22 heavy (non-hydrogen) atoms. The molecule has 116 valence electrons. The minimum Gasteiger partial charge on any atom is -0.317 e. The molecule has 0 saturated carbocycles. The molecular weight excluding hydrogens is 277 g/mol. The Hall–Kier alpha value is -2.23. The number of fused-ring (bicyclic) bond motifs is 1. The smallest absolute Gasteiger partial charge is 0.116 e. The first-order valence-corrected chi connectivity index (χ1v) is 7.43. The fourth-order valence-electron chi connectivity index (χ4n) is 2.98. The number of rotatable bonds is 4. The minimum absolute atomic E-state index is 0.454. The lowest BCUT2D eigenvalue weighted by Gasteiger charge is -2.10. The molecule has 0 radical (unpaired) electrons. The number of hydrogen-bond donors (Lipinski definition) is 0. The summed E-state index contributed by atoms with van der Waals surface area (Å²) in [4.78, 5) is 0. The van der Waals surface area contributed by atoms with Gasteiger partial charge in [-0.15, -0.1) is 0 Å². The number of aryl methyl sites for hydroxylation is 4. The maximum atomic E-state index is 13.0. The largest absolute Gasteiger partial charge is 0.317 e. The highest BCUT2D eigenvalue weighted by Gasteiger charge is 2.17. The number of nitrogens with zero attached hydrogens (tertiary/aromatic N) is 3. The molecular formula is C18H22FN3.